The Hall–Kier alpha value is -0.220. The topological polar surface area (TPSA) is 49.3 Å². The summed E-state index contributed by atoms with van der Waals surface area (Å²) in [5.74, 6) is 0.0100. The molecule has 4 heteroatoms. The smallest absolute Gasteiger partial charge is 0.321 e. The molecule has 1 heterocycles. The second-order valence-corrected chi connectivity index (χ2v) is 6.03. The highest BCUT2D eigenvalue weighted by atomic mass is 32.2. The molecule has 0 bridgehead atoms. The Kier molecular flexibility index (Phi) is 7.69. The van der Waals surface area contributed by atoms with Crippen LogP contribution in [0.1, 0.15) is 58.3 Å². The normalized spacial score (nSPS) is 24.1. The molecular formula is C13H25NO2S. The number of rotatable bonds is 9. The molecule has 1 fully saturated rings. The molecular weight excluding hydrogens is 234 g/mol. The van der Waals surface area contributed by atoms with Gasteiger partial charge in [0.1, 0.15) is 6.04 Å². The fraction of sp³-hybridized carbons (Fsp3) is 0.923. The third-order valence-electron chi connectivity index (χ3n) is 3.22. The lowest BCUT2D eigenvalue weighted by atomic mass is 10.1. The third kappa shape index (κ3) is 6.32. The number of carbonyl (C=O) groups is 1. The van der Waals surface area contributed by atoms with Crippen molar-refractivity contribution in [1.82, 2.24) is 5.32 Å². The Balaban J connectivity index is 1.92. The molecule has 1 aliphatic rings. The standard InChI is InChI=1S/C13H25NO2S/c1-2-3-4-5-6-7-8-9-12-14-11(10-17-12)13(15)16/h11-12,14H,2-10H2,1H3,(H,15,16)/t11-,12+/m0/s1. The molecule has 1 rings (SSSR count). The van der Waals surface area contributed by atoms with Crippen LogP contribution in [0.3, 0.4) is 0 Å². The second-order valence-electron chi connectivity index (χ2n) is 4.79. The minimum absolute atomic E-state index is 0.324. The van der Waals surface area contributed by atoms with Crippen molar-refractivity contribution in [1.29, 1.82) is 0 Å². The number of hydrogen-bond donors (Lipinski definition) is 2. The van der Waals surface area contributed by atoms with Crippen LogP contribution >= 0.6 is 11.8 Å². The summed E-state index contributed by atoms with van der Waals surface area (Å²) in [6, 6.07) is -0.324. The van der Waals surface area contributed by atoms with Gasteiger partial charge >= 0.3 is 5.97 Å². The maximum atomic E-state index is 10.7. The van der Waals surface area contributed by atoms with E-state index in [0.717, 1.165) is 12.2 Å². The zero-order valence-corrected chi connectivity index (χ0v) is 11.6. The van der Waals surface area contributed by atoms with Crippen molar-refractivity contribution in [2.24, 2.45) is 0 Å². The van der Waals surface area contributed by atoms with Crippen molar-refractivity contribution in [2.45, 2.75) is 69.7 Å². The number of aliphatic carboxylic acids is 1. The van der Waals surface area contributed by atoms with E-state index in [2.05, 4.69) is 12.2 Å². The Morgan fingerprint density at radius 3 is 2.47 bits per heavy atom. The van der Waals surface area contributed by atoms with E-state index in [0.29, 0.717) is 5.37 Å². The van der Waals surface area contributed by atoms with Gasteiger partial charge < -0.3 is 5.11 Å². The van der Waals surface area contributed by atoms with E-state index in [1.165, 1.54) is 44.9 Å². The van der Waals surface area contributed by atoms with Gasteiger partial charge in [-0.1, -0.05) is 51.9 Å². The van der Waals surface area contributed by atoms with E-state index >= 15 is 0 Å². The van der Waals surface area contributed by atoms with Crippen molar-refractivity contribution in [3.05, 3.63) is 0 Å². The molecule has 2 atom stereocenters. The van der Waals surface area contributed by atoms with Crippen LogP contribution in [-0.4, -0.2) is 28.2 Å². The van der Waals surface area contributed by atoms with Crippen LogP contribution in [0.5, 0.6) is 0 Å². The summed E-state index contributed by atoms with van der Waals surface area (Å²) >= 11 is 1.76. The molecule has 3 nitrogen and oxygen atoms in total. The van der Waals surface area contributed by atoms with Gasteiger partial charge in [-0.2, -0.15) is 0 Å². The lowest BCUT2D eigenvalue weighted by Gasteiger charge is -2.10. The van der Waals surface area contributed by atoms with Gasteiger partial charge in [-0.3, -0.25) is 10.1 Å². The van der Waals surface area contributed by atoms with Gasteiger partial charge in [0.15, 0.2) is 0 Å². The van der Waals surface area contributed by atoms with Crippen LogP contribution in [0.25, 0.3) is 0 Å². The Morgan fingerprint density at radius 2 is 1.88 bits per heavy atom. The van der Waals surface area contributed by atoms with Gasteiger partial charge in [-0.05, 0) is 6.42 Å². The summed E-state index contributed by atoms with van der Waals surface area (Å²) < 4.78 is 0. The predicted molar refractivity (Wildman–Crippen MR) is 73.4 cm³/mol. The van der Waals surface area contributed by atoms with Crippen molar-refractivity contribution in [3.8, 4) is 0 Å². The van der Waals surface area contributed by atoms with E-state index in [-0.39, 0.29) is 6.04 Å². The predicted octanol–water partition coefficient (Wildman–Crippen LogP) is 3.24. The fourth-order valence-electron chi connectivity index (χ4n) is 2.13. The van der Waals surface area contributed by atoms with Crippen molar-refractivity contribution in [2.75, 3.05) is 5.75 Å². The average molecular weight is 259 g/mol. The van der Waals surface area contributed by atoms with Crippen molar-refractivity contribution >= 4 is 17.7 Å². The number of carboxylic acid groups (broad SMARTS) is 1. The number of thioether (sulfide) groups is 1. The largest absolute Gasteiger partial charge is 0.480 e. The number of unbranched alkanes of at least 4 members (excludes halogenated alkanes) is 6. The molecule has 1 aliphatic heterocycles. The van der Waals surface area contributed by atoms with Crippen molar-refractivity contribution in [3.63, 3.8) is 0 Å². The third-order valence-corrected chi connectivity index (χ3v) is 4.52. The molecule has 17 heavy (non-hydrogen) atoms. The monoisotopic (exact) mass is 259 g/mol. The number of nitrogens with one attached hydrogen (secondary N) is 1. The van der Waals surface area contributed by atoms with E-state index in [1.54, 1.807) is 11.8 Å². The van der Waals surface area contributed by atoms with Gasteiger partial charge in [0, 0.05) is 5.75 Å². The zero-order valence-electron chi connectivity index (χ0n) is 10.8. The van der Waals surface area contributed by atoms with E-state index < -0.39 is 5.97 Å². The number of hydrogen-bond acceptors (Lipinski definition) is 3. The van der Waals surface area contributed by atoms with Crippen LogP contribution in [0.15, 0.2) is 0 Å². The average Bonchev–Trinajstić information content (AvgIpc) is 2.77. The van der Waals surface area contributed by atoms with Crippen LogP contribution in [0.2, 0.25) is 0 Å². The summed E-state index contributed by atoms with van der Waals surface area (Å²) in [6.07, 6.45) is 10.4. The molecule has 2 N–H and O–H groups in total. The molecule has 0 unspecified atom stereocenters. The molecule has 0 spiro atoms. The first-order chi connectivity index (χ1) is 8.24. The van der Waals surface area contributed by atoms with Crippen LogP contribution < -0.4 is 5.32 Å². The lowest BCUT2D eigenvalue weighted by Crippen LogP contribution is -2.36. The Bertz CT molecular complexity index is 223. The van der Waals surface area contributed by atoms with Gasteiger partial charge in [0.2, 0.25) is 0 Å². The quantitative estimate of drug-likeness (QED) is 0.624. The molecule has 0 amide bonds. The SMILES string of the molecule is CCCCCCCCC[C@@H]1N[C@H](C(=O)O)CS1. The molecule has 0 radical (unpaired) electrons. The van der Waals surface area contributed by atoms with Crippen LogP contribution in [0.4, 0.5) is 0 Å². The summed E-state index contributed by atoms with van der Waals surface area (Å²) in [6.45, 7) is 2.24. The minimum Gasteiger partial charge on any atom is -0.480 e. The summed E-state index contributed by atoms with van der Waals surface area (Å²) in [5, 5.41) is 12.4. The lowest BCUT2D eigenvalue weighted by molar-refractivity contribution is -0.138. The van der Waals surface area contributed by atoms with Gasteiger partial charge in [0.25, 0.3) is 0 Å². The Labute approximate surface area is 109 Å². The highest BCUT2D eigenvalue weighted by molar-refractivity contribution is 8.00. The van der Waals surface area contributed by atoms with Gasteiger partial charge in [-0.15, -0.1) is 11.8 Å². The highest BCUT2D eigenvalue weighted by Gasteiger charge is 2.28. The molecule has 100 valence electrons. The highest BCUT2D eigenvalue weighted by Crippen LogP contribution is 2.23. The fourth-order valence-corrected chi connectivity index (χ4v) is 3.39. The number of carboxylic acids is 1. The van der Waals surface area contributed by atoms with Crippen LogP contribution in [0, 0.1) is 0 Å². The maximum absolute atomic E-state index is 10.7. The zero-order chi connectivity index (χ0) is 12.5. The van der Waals surface area contributed by atoms with Gasteiger partial charge in [-0.25, -0.2) is 0 Å². The maximum Gasteiger partial charge on any atom is 0.321 e. The van der Waals surface area contributed by atoms with E-state index in [4.69, 9.17) is 5.11 Å². The van der Waals surface area contributed by atoms with Crippen molar-refractivity contribution < 1.29 is 9.90 Å². The molecule has 0 saturated carbocycles. The first kappa shape index (κ1) is 14.8. The van der Waals surface area contributed by atoms with E-state index in [9.17, 15) is 4.79 Å². The first-order valence-electron chi connectivity index (χ1n) is 6.84. The molecule has 0 aliphatic carbocycles. The summed E-state index contributed by atoms with van der Waals surface area (Å²) in [7, 11) is 0. The molecule has 1 saturated heterocycles. The molecule has 0 aromatic heterocycles. The first-order valence-corrected chi connectivity index (χ1v) is 7.89. The molecule has 0 aromatic carbocycles. The Morgan fingerprint density at radius 1 is 1.24 bits per heavy atom. The van der Waals surface area contributed by atoms with Gasteiger partial charge in [0.05, 0.1) is 5.37 Å². The summed E-state index contributed by atoms with van der Waals surface area (Å²) in [4.78, 5) is 10.7. The minimum atomic E-state index is -0.709. The van der Waals surface area contributed by atoms with Crippen LogP contribution in [-0.2, 0) is 4.79 Å². The second kappa shape index (κ2) is 8.81. The summed E-state index contributed by atoms with van der Waals surface area (Å²) in [5.41, 5.74) is 0. The van der Waals surface area contributed by atoms with E-state index in [1.807, 2.05) is 0 Å². The molecule has 0 aromatic rings.